The molecule has 0 bridgehead atoms. The molecule has 0 radical (unpaired) electrons. The summed E-state index contributed by atoms with van der Waals surface area (Å²) in [7, 11) is 0. The first-order valence-electron chi connectivity index (χ1n) is 9.56. The Labute approximate surface area is 169 Å². The van der Waals surface area contributed by atoms with Gasteiger partial charge in [0.2, 0.25) is 0 Å². The summed E-state index contributed by atoms with van der Waals surface area (Å²) >= 11 is 0. The number of carbonyl (C=O) groups is 2. The molecule has 29 heavy (non-hydrogen) atoms. The van der Waals surface area contributed by atoms with E-state index in [-0.39, 0.29) is 25.1 Å². The van der Waals surface area contributed by atoms with E-state index in [2.05, 4.69) is 0 Å². The normalized spacial score (nSPS) is 11.6. The van der Waals surface area contributed by atoms with Gasteiger partial charge in [-0.05, 0) is 65.2 Å². The fraction of sp³-hybridized carbons (Fsp3) is 0.500. The van der Waals surface area contributed by atoms with E-state index in [0.717, 1.165) is 10.9 Å². The Morgan fingerprint density at radius 2 is 1.79 bits per heavy atom. The molecule has 0 aliphatic carbocycles. The van der Waals surface area contributed by atoms with Crippen LogP contribution in [0, 0.1) is 6.92 Å². The first kappa shape index (κ1) is 22.5. The minimum absolute atomic E-state index is 0.155. The van der Waals surface area contributed by atoms with Crippen LogP contribution in [0.1, 0.15) is 52.2 Å². The van der Waals surface area contributed by atoms with Gasteiger partial charge < -0.3 is 18.6 Å². The van der Waals surface area contributed by atoms with Crippen molar-refractivity contribution in [3.63, 3.8) is 0 Å². The van der Waals surface area contributed by atoms with Gasteiger partial charge in [-0.2, -0.15) is 0 Å². The Morgan fingerprint density at radius 3 is 2.41 bits per heavy atom. The molecule has 2 aromatic rings. The van der Waals surface area contributed by atoms with Gasteiger partial charge in [0, 0.05) is 23.9 Å². The van der Waals surface area contributed by atoms with E-state index in [1.807, 2.05) is 0 Å². The summed E-state index contributed by atoms with van der Waals surface area (Å²) < 4.78 is 21.4. The molecule has 7 nitrogen and oxygen atoms in total. The first-order chi connectivity index (χ1) is 13.4. The molecule has 0 spiro atoms. The second-order valence-electron chi connectivity index (χ2n) is 8.12. The van der Waals surface area contributed by atoms with Crippen LogP contribution >= 0.6 is 0 Å². The van der Waals surface area contributed by atoms with Crippen LogP contribution in [0.3, 0.4) is 0 Å². The van der Waals surface area contributed by atoms with Crippen molar-refractivity contribution in [1.29, 1.82) is 0 Å². The van der Waals surface area contributed by atoms with Gasteiger partial charge in [0.05, 0.1) is 6.10 Å². The van der Waals surface area contributed by atoms with Gasteiger partial charge in [-0.15, -0.1) is 0 Å². The maximum atomic E-state index is 12.0. The molecule has 0 atom stereocenters. The van der Waals surface area contributed by atoms with Crippen molar-refractivity contribution < 1.29 is 28.2 Å². The van der Waals surface area contributed by atoms with Crippen LogP contribution in [-0.2, 0) is 25.5 Å². The number of benzene rings is 1. The molecule has 1 heterocycles. The molecule has 0 N–H and O–H groups in total. The van der Waals surface area contributed by atoms with Gasteiger partial charge in [0.25, 0.3) is 0 Å². The maximum absolute atomic E-state index is 12.0. The summed E-state index contributed by atoms with van der Waals surface area (Å²) in [6.45, 7) is 10.4. The van der Waals surface area contributed by atoms with E-state index in [1.165, 1.54) is 6.07 Å². The van der Waals surface area contributed by atoms with Gasteiger partial charge in [-0.3, -0.25) is 4.79 Å². The molecular formula is C22H28O7. The third-order valence-electron chi connectivity index (χ3n) is 3.86. The smallest absolute Gasteiger partial charge is 0.344 e. The largest absolute Gasteiger partial charge is 0.481 e. The summed E-state index contributed by atoms with van der Waals surface area (Å²) in [5.74, 6) is -0.488. The van der Waals surface area contributed by atoms with Crippen LogP contribution in [0.5, 0.6) is 5.75 Å². The van der Waals surface area contributed by atoms with E-state index in [4.69, 9.17) is 18.6 Å². The quantitative estimate of drug-likeness (QED) is 0.513. The SMILES string of the molecule is Cc1cc(=O)oc2cc(OCC(=O)OC(C)(C)C)c(CCC(=O)OC(C)C)cc12. The highest BCUT2D eigenvalue weighted by Crippen LogP contribution is 2.28. The number of esters is 2. The highest BCUT2D eigenvalue weighted by atomic mass is 16.6. The number of aryl methyl sites for hydroxylation is 2. The van der Waals surface area contributed by atoms with Crippen LogP contribution < -0.4 is 10.4 Å². The Morgan fingerprint density at radius 1 is 1.10 bits per heavy atom. The van der Waals surface area contributed by atoms with E-state index >= 15 is 0 Å². The zero-order valence-electron chi connectivity index (χ0n) is 17.8. The van der Waals surface area contributed by atoms with E-state index in [0.29, 0.717) is 23.3 Å². The fourth-order valence-corrected chi connectivity index (χ4v) is 2.79. The number of fused-ring (bicyclic) bond motifs is 1. The van der Waals surface area contributed by atoms with Crippen molar-refractivity contribution in [2.75, 3.05) is 6.61 Å². The molecule has 0 amide bonds. The van der Waals surface area contributed by atoms with Crippen molar-refractivity contribution in [2.45, 2.75) is 66.1 Å². The predicted octanol–water partition coefficient (Wildman–Crippen LogP) is 3.71. The monoisotopic (exact) mass is 404 g/mol. The minimum atomic E-state index is -0.628. The highest BCUT2D eigenvalue weighted by molar-refractivity contribution is 5.83. The molecular weight excluding hydrogens is 376 g/mol. The lowest BCUT2D eigenvalue weighted by Gasteiger charge is -2.20. The lowest BCUT2D eigenvalue weighted by molar-refractivity contribution is -0.157. The molecule has 0 fully saturated rings. The van der Waals surface area contributed by atoms with E-state index in [9.17, 15) is 14.4 Å². The molecule has 0 aliphatic heterocycles. The molecule has 0 saturated carbocycles. The summed E-state index contributed by atoms with van der Waals surface area (Å²) in [6, 6.07) is 4.78. The van der Waals surface area contributed by atoms with Crippen molar-refractivity contribution in [3.8, 4) is 5.75 Å². The van der Waals surface area contributed by atoms with Crippen molar-refractivity contribution in [2.24, 2.45) is 0 Å². The van der Waals surface area contributed by atoms with Crippen LogP contribution in [0.25, 0.3) is 11.0 Å². The molecule has 0 saturated heterocycles. The molecule has 0 aliphatic rings. The van der Waals surface area contributed by atoms with E-state index in [1.54, 1.807) is 53.7 Å². The van der Waals surface area contributed by atoms with Crippen LogP contribution in [0.15, 0.2) is 27.4 Å². The average molecular weight is 404 g/mol. The van der Waals surface area contributed by atoms with Gasteiger partial charge in [0.1, 0.15) is 16.9 Å². The van der Waals surface area contributed by atoms with Gasteiger partial charge >= 0.3 is 17.6 Å². The zero-order valence-corrected chi connectivity index (χ0v) is 17.8. The maximum Gasteiger partial charge on any atom is 0.344 e. The minimum Gasteiger partial charge on any atom is -0.481 e. The average Bonchev–Trinajstić information content (AvgIpc) is 2.55. The molecule has 1 aromatic heterocycles. The van der Waals surface area contributed by atoms with Crippen LogP contribution in [0.4, 0.5) is 0 Å². The van der Waals surface area contributed by atoms with Crippen LogP contribution in [0.2, 0.25) is 0 Å². The van der Waals surface area contributed by atoms with E-state index < -0.39 is 17.2 Å². The number of ether oxygens (including phenoxy) is 3. The van der Waals surface area contributed by atoms with Gasteiger partial charge in [-0.25, -0.2) is 9.59 Å². The first-order valence-corrected chi connectivity index (χ1v) is 9.56. The summed E-state index contributed by atoms with van der Waals surface area (Å²) in [4.78, 5) is 35.6. The van der Waals surface area contributed by atoms with Gasteiger partial charge in [0.15, 0.2) is 6.61 Å². The number of hydrogen-bond acceptors (Lipinski definition) is 7. The van der Waals surface area contributed by atoms with Crippen LogP contribution in [-0.4, -0.2) is 30.3 Å². The Hall–Kier alpha value is -2.83. The molecule has 158 valence electrons. The Kier molecular flexibility index (Phi) is 7.06. The lowest BCUT2D eigenvalue weighted by atomic mass is 10.0. The number of carbonyl (C=O) groups excluding carboxylic acids is 2. The summed E-state index contributed by atoms with van der Waals surface area (Å²) in [5, 5.41) is 0.737. The lowest BCUT2D eigenvalue weighted by Crippen LogP contribution is -2.27. The molecule has 0 unspecified atom stereocenters. The topological polar surface area (TPSA) is 92.0 Å². The number of hydrogen-bond donors (Lipinski definition) is 0. The van der Waals surface area contributed by atoms with Crippen molar-refractivity contribution in [3.05, 3.63) is 39.7 Å². The standard InChI is InChI=1S/C22H28O7/c1-13(2)27-19(23)8-7-15-10-16-14(3)9-20(24)28-18(16)11-17(15)26-12-21(25)29-22(4,5)6/h9-11,13H,7-8,12H2,1-6H3. The van der Waals surface area contributed by atoms with Crippen molar-refractivity contribution in [1.82, 2.24) is 0 Å². The summed E-state index contributed by atoms with van der Waals surface area (Å²) in [5.41, 5.74) is 0.709. The molecule has 7 heteroatoms. The second-order valence-corrected chi connectivity index (χ2v) is 8.12. The fourth-order valence-electron chi connectivity index (χ4n) is 2.79. The number of rotatable bonds is 7. The Balaban J connectivity index is 2.30. The zero-order chi connectivity index (χ0) is 21.8. The summed E-state index contributed by atoms with van der Waals surface area (Å²) in [6.07, 6.45) is 0.310. The van der Waals surface area contributed by atoms with Crippen molar-refractivity contribution >= 4 is 22.9 Å². The Bertz CT molecular complexity index is 948. The molecule has 2 rings (SSSR count). The molecule has 1 aromatic carbocycles. The highest BCUT2D eigenvalue weighted by Gasteiger charge is 2.18. The predicted molar refractivity (Wildman–Crippen MR) is 108 cm³/mol. The second kappa shape index (κ2) is 9.11. The van der Waals surface area contributed by atoms with Gasteiger partial charge in [-0.1, -0.05) is 0 Å². The third kappa shape index (κ3) is 6.93. The third-order valence-corrected chi connectivity index (χ3v) is 3.86.